The van der Waals surface area contributed by atoms with Gasteiger partial charge in [-0.25, -0.2) is 9.59 Å². The molecule has 0 spiro atoms. The van der Waals surface area contributed by atoms with Crippen molar-refractivity contribution in [1.82, 2.24) is 4.90 Å². The molecular weight excluding hydrogens is 538 g/mol. The van der Waals surface area contributed by atoms with E-state index in [-0.39, 0.29) is 44.1 Å². The van der Waals surface area contributed by atoms with Crippen LogP contribution in [0.1, 0.15) is 29.8 Å². The van der Waals surface area contributed by atoms with Crippen LogP contribution in [0.25, 0.3) is 0 Å². The Morgan fingerprint density at radius 2 is 1.94 bits per heavy atom. The molecule has 174 valence electrons. The quantitative estimate of drug-likeness (QED) is 0.339. The molecule has 0 fully saturated rings. The highest BCUT2D eigenvalue weighted by Crippen LogP contribution is 2.60. The zero-order valence-electron chi connectivity index (χ0n) is 18.0. The van der Waals surface area contributed by atoms with Gasteiger partial charge in [-0.3, -0.25) is 4.79 Å². The summed E-state index contributed by atoms with van der Waals surface area (Å²) in [5.74, 6) is -3.74. The van der Waals surface area contributed by atoms with Gasteiger partial charge < -0.3 is 24.3 Å². The molecule has 3 atom stereocenters. The van der Waals surface area contributed by atoms with Crippen molar-refractivity contribution in [1.29, 1.82) is 0 Å². The van der Waals surface area contributed by atoms with Crippen molar-refractivity contribution < 1.29 is 33.8 Å². The molecule has 2 aliphatic heterocycles. The number of phenols is 1. The summed E-state index contributed by atoms with van der Waals surface area (Å²) in [7, 11) is 2.34. The fourth-order valence-corrected chi connectivity index (χ4v) is 7.19. The van der Waals surface area contributed by atoms with Crippen LogP contribution in [0.3, 0.4) is 0 Å². The number of ether oxygens (including phenoxy) is 2. The molecule has 2 heterocycles. The third kappa shape index (κ3) is 3.03. The number of benzene rings is 1. The first-order valence-corrected chi connectivity index (χ1v) is 11.9. The van der Waals surface area contributed by atoms with Gasteiger partial charge in [0.25, 0.3) is 0 Å². The molecule has 3 aliphatic rings. The molecule has 0 saturated carbocycles. The topological polar surface area (TPSA) is 110 Å². The Bertz CT molecular complexity index is 1210. The number of phenolic OH excluding ortho intramolecular Hbond substituents is 1. The minimum absolute atomic E-state index is 0.0482. The normalized spacial score (nSPS) is 26.0. The van der Waals surface area contributed by atoms with Crippen LogP contribution in [-0.2, 0) is 30.3 Å². The first-order chi connectivity index (χ1) is 15.6. The van der Waals surface area contributed by atoms with E-state index in [1.54, 1.807) is 13.8 Å². The van der Waals surface area contributed by atoms with Crippen LogP contribution >= 0.6 is 39.3 Å². The predicted octanol–water partition coefficient (Wildman–Crippen LogP) is 3.59. The van der Waals surface area contributed by atoms with E-state index in [4.69, 9.17) is 21.1 Å². The summed E-state index contributed by atoms with van der Waals surface area (Å²) >= 11 is 10.9. The van der Waals surface area contributed by atoms with Crippen LogP contribution < -0.4 is 0 Å². The third-order valence-electron chi connectivity index (χ3n) is 6.54. The minimum Gasteiger partial charge on any atom is -0.506 e. The number of Topliss-reactive ketones (excluding diaryl/α,β-unsaturated/α-hetero) is 1. The van der Waals surface area contributed by atoms with Gasteiger partial charge in [-0.1, -0.05) is 11.6 Å². The van der Waals surface area contributed by atoms with E-state index in [1.807, 2.05) is 0 Å². The highest BCUT2D eigenvalue weighted by molar-refractivity contribution is 9.10. The van der Waals surface area contributed by atoms with Gasteiger partial charge in [0.2, 0.25) is 0 Å². The van der Waals surface area contributed by atoms with E-state index in [0.717, 1.165) is 12.0 Å². The van der Waals surface area contributed by atoms with Crippen molar-refractivity contribution in [3.63, 3.8) is 0 Å². The maximum absolute atomic E-state index is 14.1. The highest BCUT2D eigenvalue weighted by Gasteiger charge is 2.65. The van der Waals surface area contributed by atoms with Crippen LogP contribution in [-0.4, -0.2) is 53.6 Å². The van der Waals surface area contributed by atoms with Gasteiger partial charge in [-0.2, -0.15) is 0 Å². The Labute approximate surface area is 207 Å². The van der Waals surface area contributed by atoms with Gasteiger partial charge in [0.05, 0.1) is 29.8 Å². The molecule has 0 aromatic heterocycles. The van der Waals surface area contributed by atoms with Crippen molar-refractivity contribution in [2.75, 3.05) is 14.2 Å². The van der Waals surface area contributed by atoms with E-state index in [1.165, 1.54) is 29.8 Å². The number of hydrogen-bond acceptors (Lipinski definition) is 9. The number of aldehydes is 1. The zero-order valence-corrected chi connectivity index (χ0v) is 21.2. The average molecular weight is 557 g/mol. The second kappa shape index (κ2) is 8.18. The number of nitrogens with zero attached hydrogens (tertiary/aromatic N) is 1. The lowest BCUT2D eigenvalue weighted by molar-refractivity contribution is -0.143. The van der Waals surface area contributed by atoms with Gasteiger partial charge in [0.1, 0.15) is 28.5 Å². The van der Waals surface area contributed by atoms with Crippen molar-refractivity contribution in [3.05, 3.63) is 48.6 Å². The predicted molar refractivity (Wildman–Crippen MR) is 123 cm³/mol. The molecule has 0 amide bonds. The van der Waals surface area contributed by atoms with Crippen molar-refractivity contribution in [3.8, 4) is 5.75 Å². The number of hydrogen-bond donors (Lipinski definition) is 1. The van der Waals surface area contributed by atoms with Crippen LogP contribution in [0.4, 0.5) is 0 Å². The summed E-state index contributed by atoms with van der Waals surface area (Å²) in [6.07, 6.45) is 0.470. The van der Waals surface area contributed by atoms with Crippen LogP contribution in [0, 0.1) is 11.3 Å². The van der Waals surface area contributed by atoms with E-state index in [9.17, 15) is 24.3 Å². The van der Waals surface area contributed by atoms with E-state index >= 15 is 0 Å². The van der Waals surface area contributed by atoms with Gasteiger partial charge in [0.15, 0.2) is 5.78 Å². The number of thioether (sulfide) groups is 1. The number of halogens is 2. The number of esters is 2. The highest BCUT2D eigenvalue weighted by atomic mass is 79.9. The Morgan fingerprint density at radius 3 is 2.52 bits per heavy atom. The Morgan fingerprint density at radius 1 is 1.30 bits per heavy atom. The molecule has 0 radical (unpaired) electrons. The van der Waals surface area contributed by atoms with Crippen molar-refractivity contribution in [2.24, 2.45) is 11.3 Å². The molecule has 11 heteroatoms. The second-order valence-electron chi connectivity index (χ2n) is 7.91. The summed E-state index contributed by atoms with van der Waals surface area (Å²) in [5, 5.41) is 10.0. The fourth-order valence-electron chi connectivity index (χ4n) is 4.86. The average Bonchev–Trinajstić information content (AvgIpc) is 3.09. The molecule has 4 rings (SSSR count). The molecule has 0 bridgehead atoms. The Kier molecular flexibility index (Phi) is 5.91. The molecule has 1 aliphatic carbocycles. The molecule has 8 nitrogen and oxygen atoms in total. The van der Waals surface area contributed by atoms with Crippen molar-refractivity contribution >= 4 is 63.3 Å². The van der Waals surface area contributed by atoms with E-state index < -0.39 is 34.4 Å². The minimum atomic E-state index is -1.81. The third-order valence-corrected chi connectivity index (χ3v) is 8.95. The second-order valence-corrected chi connectivity index (χ2v) is 10.5. The van der Waals surface area contributed by atoms with Gasteiger partial charge in [-0.05, 0) is 47.8 Å². The number of fused-ring (bicyclic) bond motifs is 4. The lowest BCUT2D eigenvalue weighted by atomic mass is 9.59. The van der Waals surface area contributed by atoms with E-state index in [0.29, 0.717) is 12.0 Å². The van der Waals surface area contributed by atoms with Crippen molar-refractivity contribution in [2.45, 2.75) is 25.6 Å². The standard InChI is InChI=1S/C22H19BrClNO7S/c1-8-9(2)33-21-22(7-26)11(15(19(29)31-3)16(25(8)21)20(30)32-4)5-10-13(24)6-12(23)17(27)14(10)18(22)28/h6-7,11,21,27H,5H2,1-4H3/t11-,21?,22?/m1/s1. The summed E-state index contributed by atoms with van der Waals surface area (Å²) in [6, 6.07) is 1.44. The summed E-state index contributed by atoms with van der Waals surface area (Å²) < 4.78 is 10.2. The number of carbonyl (C=O) groups is 4. The molecule has 1 N–H and O–H groups in total. The zero-order chi connectivity index (χ0) is 24.4. The lowest BCUT2D eigenvalue weighted by Crippen LogP contribution is -2.61. The molecular formula is C22H19BrClNO7S. The fraction of sp³-hybridized carbons (Fsp3) is 0.364. The maximum atomic E-state index is 14.1. The Hall–Kier alpha value is -2.30. The van der Waals surface area contributed by atoms with Gasteiger partial charge in [0, 0.05) is 21.5 Å². The lowest BCUT2D eigenvalue weighted by Gasteiger charge is -2.51. The maximum Gasteiger partial charge on any atom is 0.355 e. The number of ketones is 1. The van der Waals surface area contributed by atoms with Crippen LogP contribution in [0.15, 0.2) is 32.4 Å². The smallest absolute Gasteiger partial charge is 0.355 e. The first kappa shape index (κ1) is 23.8. The number of carbonyl (C=O) groups excluding carboxylic acids is 4. The van der Waals surface area contributed by atoms with Crippen LogP contribution in [0.2, 0.25) is 5.02 Å². The summed E-state index contributed by atoms with van der Waals surface area (Å²) in [4.78, 5) is 55.2. The number of aromatic hydroxyl groups is 1. The largest absolute Gasteiger partial charge is 0.506 e. The number of rotatable bonds is 3. The van der Waals surface area contributed by atoms with E-state index in [2.05, 4.69) is 15.9 Å². The summed E-state index contributed by atoms with van der Waals surface area (Å²) in [6.45, 7) is 3.52. The monoisotopic (exact) mass is 555 g/mol. The molecule has 1 aromatic carbocycles. The van der Waals surface area contributed by atoms with Gasteiger partial charge >= 0.3 is 11.9 Å². The number of allylic oxidation sites excluding steroid dienone is 2. The molecule has 2 unspecified atom stereocenters. The molecule has 33 heavy (non-hydrogen) atoms. The van der Waals surface area contributed by atoms with Crippen LogP contribution in [0.5, 0.6) is 5.75 Å². The molecule has 0 saturated heterocycles. The number of methoxy groups -OCH3 is 2. The first-order valence-electron chi connectivity index (χ1n) is 9.81. The van der Waals surface area contributed by atoms with Gasteiger partial charge in [-0.15, -0.1) is 11.8 Å². The molecule has 1 aromatic rings. The SMILES string of the molecule is COC(=O)C1=C(C(=O)OC)N2C(C)=C(C)SC2C2(C=O)C(=O)c3c(O)c(Br)cc(Cl)c3C[C@H]12. The summed E-state index contributed by atoms with van der Waals surface area (Å²) in [5.41, 5.74) is -1.22. The Balaban J connectivity index is 2.14.